The fraction of sp³-hybridized carbons (Fsp3) is 0.364. The van der Waals surface area contributed by atoms with E-state index < -0.39 is 17.0 Å². The average Bonchev–Trinajstić information content (AvgIpc) is 2.32. The summed E-state index contributed by atoms with van der Waals surface area (Å²) in [7, 11) is 0. The zero-order valence-electron chi connectivity index (χ0n) is 9.84. The molecule has 0 aliphatic rings. The summed E-state index contributed by atoms with van der Waals surface area (Å²) in [5.74, 6) is -0.446. The van der Waals surface area contributed by atoms with E-state index in [9.17, 15) is 14.4 Å². The van der Waals surface area contributed by atoms with Crippen molar-refractivity contribution in [2.45, 2.75) is 13.5 Å². The van der Waals surface area contributed by atoms with Gasteiger partial charge in [0, 0.05) is 12.7 Å². The zero-order valence-corrected chi connectivity index (χ0v) is 9.84. The Labute approximate surface area is 102 Å². The molecule has 1 aromatic rings. The Morgan fingerprint density at radius 2 is 2.00 bits per heavy atom. The van der Waals surface area contributed by atoms with E-state index in [1.165, 1.54) is 13.0 Å². The molecular formula is C11H14N2O5. The first-order chi connectivity index (χ1) is 8.49. The SMILES string of the molecule is CC(=O)c1cn(CC=C(CO)CO)c(=O)[nH]c1=O. The van der Waals surface area contributed by atoms with Crippen molar-refractivity contribution in [3.63, 3.8) is 0 Å². The number of Topliss-reactive ketones (excluding diaryl/α,β-unsaturated/α-hetero) is 1. The van der Waals surface area contributed by atoms with Gasteiger partial charge in [-0.25, -0.2) is 4.79 Å². The summed E-state index contributed by atoms with van der Waals surface area (Å²) in [5.41, 5.74) is -1.15. The molecule has 18 heavy (non-hydrogen) atoms. The molecule has 7 nitrogen and oxygen atoms in total. The standard InChI is InChI=1S/C11H14N2O5/c1-7(16)9-4-13(11(18)12-10(9)17)3-2-8(5-14)6-15/h2,4,14-15H,3,5-6H2,1H3,(H,12,17,18). The molecule has 0 aromatic carbocycles. The van der Waals surface area contributed by atoms with Crippen molar-refractivity contribution in [3.8, 4) is 0 Å². The second-order valence-electron chi connectivity index (χ2n) is 3.69. The van der Waals surface area contributed by atoms with Crippen molar-refractivity contribution >= 4 is 5.78 Å². The molecule has 1 heterocycles. The molecule has 3 N–H and O–H groups in total. The maximum atomic E-state index is 11.4. The van der Waals surface area contributed by atoms with Gasteiger partial charge in [0.1, 0.15) is 0 Å². The first-order valence-electron chi connectivity index (χ1n) is 5.24. The molecule has 0 aliphatic carbocycles. The van der Waals surface area contributed by atoms with Crippen molar-refractivity contribution < 1.29 is 15.0 Å². The summed E-state index contributed by atoms with van der Waals surface area (Å²) in [5, 5.41) is 17.7. The van der Waals surface area contributed by atoms with Gasteiger partial charge in [-0.05, 0) is 12.5 Å². The van der Waals surface area contributed by atoms with Crippen LogP contribution in [0.25, 0.3) is 0 Å². The molecular weight excluding hydrogens is 240 g/mol. The van der Waals surface area contributed by atoms with E-state index in [0.29, 0.717) is 5.57 Å². The number of hydrogen-bond donors (Lipinski definition) is 3. The van der Waals surface area contributed by atoms with Gasteiger partial charge in [0.2, 0.25) is 0 Å². The molecule has 1 aromatic heterocycles. The zero-order chi connectivity index (χ0) is 13.7. The quantitative estimate of drug-likeness (QED) is 0.444. The Morgan fingerprint density at radius 1 is 1.39 bits per heavy atom. The van der Waals surface area contributed by atoms with E-state index in [-0.39, 0.29) is 25.3 Å². The van der Waals surface area contributed by atoms with Crippen molar-refractivity contribution in [1.29, 1.82) is 0 Å². The number of carbonyl (C=O) groups excluding carboxylic acids is 1. The van der Waals surface area contributed by atoms with Crippen LogP contribution < -0.4 is 11.2 Å². The van der Waals surface area contributed by atoms with E-state index in [4.69, 9.17) is 10.2 Å². The summed E-state index contributed by atoms with van der Waals surface area (Å²) in [6.45, 7) is 0.622. The third-order valence-corrected chi connectivity index (χ3v) is 2.37. The predicted molar refractivity (Wildman–Crippen MR) is 63.6 cm³/mol. The minimum atomic E-state index is -0.725. The maximum absolute atomic E-state index is 11.4. The monoisotopic (exact) mass is 254 g/mol. The van der Waals surface area contributed by atoms with Gasteiger partial charge >= 0.3 is 5.69 Å². The average molecular weight is 254 g/mol. The molecule has 1 rings (SSSR count). The lowest BCUT2D eigenvalue weighted by molar-refractivity contribution is 0.101. The number of nitrogens with zero attached hydrogens (tertiary/aromatic N) is 1. The molecule has 7 heteroatoms. The summed E-state index contributed by atoms with van der Waals surface area (Å²) in [6.07, 6.45) is 2.61. The van der Waals surface area contributed by atoms with Crippen molar-refractivity contribution in [3.05, 3.63) is 44.2 Å². The highest BCUT2D eigenvalue weighted by atomic mass is 16.3. The second-order valence-corrected chi connectivity index (χ2v) is 3.69. The Kier molecular flexibility index (Phi) is 4.75. The summed E-state index contributed by atoms with van der Waals surface area (Å²) in [4.78, 5) is 35.9. The lowest BCUT2D eigenvalue weighted by atomic mass is 10.2. The highest BCUT2D eigenvalue weighted by molar-refractivity contribution is 5.93. The summed E-state index contributed by atoms with van der Waals surface area (Å²) in [6, 6.07) is 0. The Morgan fingerprint density at radius 3 is 2.50 bits per heavy atom. The molecule has 0 fully saturated rings. The molecule has 0 amide bonds. The Balaban J connectivity index is 3.14. The van der Waals surface area contributed by atoms with Gasteiger partial charge in [-0.2, -0.15) is 0 Å². The molecule has 0 aliphatic heterocycles. The first kappa shape index (κ1) is 14.1. The van der Waals surface area contributed by atoms with Gasteiger partial charge in [0.05, 0.1) is 18.8 Å². The fourth-order valence-electron chi connectivity index (χ4n) is 1.30. The first-order valence-corrected chi connectivity index (χ1v) is 5.24. The fourth-order valence-corrected chi connectivity index (χ4v) is 1.30. The third-order valence-electron chi connectivity index (χ3n) is 2.37. The van der Waals surface area contributed by atoms with Crippen LogP contribution in [0, 0.1) is 0 Å². The predicted octanol–water partition coefficient (Wildman–Crippen LogP) is -1.35. The van der Waals surface area contributed by atoms with Crippen LogP contribution in [0.4, 0.5) is 0 Å². The molecule has 0 radical (unpaired) electrons. The van der Waals surface area contributed by atoms with Crippen molar-refractivity contribution in [2.75, 3.05) is 13.2 Å². The molecule has 98 valence electrons. The van der Waals surface area contributed by atoms with Crippen LogP contribution >= 0.6 is 0 Å². The van der Waals surface area contributed by atoms with Crippen LogP contribution in [-0.4, -0.2) is 38.8 Å². The van der Waals surface area contributed by atoms with E-state index in [1.54, 1.807) is 0 Å². The second kappa shape index (κ2) is 6.08. The lowest BCUT2D eigenvalue weighted by Gasteiger charge is -2.04. The minimum Gasteiger partial charge on any atom is -0.392 e. The van der Waals surface area contributed by atoms with E-state index in [2.05, 4.69) is 0 Å². The molecule has 0 saturated carbocycles. The molecule has 0 spiro atoms. The Bertz CT molecular complexity index is 576. The largest absolute Gasteiger partial charge is 0.392 e. The number of nitrogens with one attached hydrogen (secondary N) is 1. The maximum Gasteiger partial charge on any atom is 0.328 e. The number of rotatable bonds is 5. The highest BCUT2D eigenvalue weighted by Crippen LogP contribution is 1.94. The van der Waals surface area contributed by atoms with Crippen LogP contribution in [0.15, 0.2) is 27.4 Å². The van der Waals surface area contributed by atoms with Gasteiger partial charge in [0.15, 0.2) is 5.78 Å². The molecule has 0 saturated heterocycles. The van der Waals surface area contributed by atoms with Gasteiger partial charge in [0.25, 0.3) is 5.56 Å². The van der Waals surface area contributed by atoms with Crippen LogP contribution in [0.2, 0.25) is 0 Å². The number of H-pyrrole nitrogens is 1. The number of carbonyl (C=O) groups is 1. The summed E-state index contributed by atoms with van der Waals surface area (Å²) >= 11 is 0. The summed E-state index contributed by atoms with van der Waals surface area (Å²) < 4.78 is 1.11. The van der Waals surface area contributed by atoms with Crippen LogP contribution in [0.1, 0.15) is 17.3 Å². The van der Waals surface area contributed by atoms with E-state index in [0.717, 1.165) is 10.8 Å². The normalized spacial score (nSPS) is 10.2. The van der Waals surface area contributed by atoms with Crippen molar-refractivity contribution in [2.24, 2.45) is 0 Å². The number of aliphatic hydroxyl groups is 2. The lowest BCUT2D eigenvalue weighted by Crippen LogP contribution is -2.32. The number of ketones is 1. The highest BCUT2D eigenvalue weighted by Gasteiger charge is 2.08. The van der Waals surface area contributed by atoms with Crippen LogP contribution in [-0.2, 0) is 6.54 Å². The van der Waals surface area contributed by atoms with E-state index in [1.807, 2.05) is 4.98 Å². The van der Waals surface area contributed by atoms with Crippen molar-refractivity contribution in [1.82, 2.24) is 9.55 Å². The van der Waals surface area contributed by atoms with Gasteiger partial charge < -0.3 is 10.2 Å². The van der Waals surface area contributed by atoms with Gasteiger partial charge in [-0.1, -0.05) is 6.08 Å². The number of aromatic nitrogens is 2. The van der Waals surface area contributed by atoms with Crippen LogP contribution in [0.3, 0.4) is 0 Å². The molecule has 0 unspecified atom stereocenters. The molecule has 0 atom stereocenters. The van der Waals surface area contributed by atoms with Gasteiger partial charge in [-0.3, -0.25) is 19.1 Å². The van der Waals surface area contributed by atoms with Gasteiger partial charge in [-0.15, -0.1) is 0 Å². The smallest absolute Gasteiger partial charge is 0.328 e. The Hall–Kier alpha value is -1.99. The van der Waals surface area contributed by atoms with Crippen LogP contribution in [0.5, 0.6) is 0 Å². The number of aromatic amines is 1. The third kappa shape index (κ3) is 3.25. The van der Waals surface area contributed by atoms with E-state index >= 15 is 0 Å². The molecule has 0 bridgehead atoms. The number of allylic oxidation sites excluding steroid dienone is 1. The number of hydrogen-bond acceptors (Lipinski definition) is 5. The number of aliphatic hydroxyl groups excluding tert-OH is 2. The minimum absolute atomic E-state index is 0.0480. The topological polar surface area (TPSA) is 112 Å².